The molecule has 7 nitrogen and oxygen atoms in total. The van der Waals surface area contributed by atoms with Crippen LogP contribution in [0, 0.1) is 0 Å². The monoisotopic (exact) mass is 309 g/mol. The van der Waals surface area contributed by atoms with Gasteiger partial charge in [0, 0.05) is 19.6 Å². The number of aromatic nitrogens is 2. The Morgan fingerprint density at radius 3 is 2.82 bits per heavy atom. The molecule has 1 aliphatic heterocycles. The van der Waals surface area contributed by atoms with Crippen molar-refractivity contribution in [1.29, 1.82) is 0 Å². The quantitative estimate of drug-likeness (QED) is 0.887. The largest absolute Gasteiger partial charge is 0.481 e. The number of rotatable bonds is 5. The lowest BCUT2D eigenvalue weighted by Crippen LogP contribution is -2.46. The molecule has 1 atom stereocenters. The molecule has 1 amide bonds. The molecule has 1 aliphatic rings. The van der Waals surface area contributed by atoms with Gasteiger partial charge in [-0.05, 0) is 18.9 Å². The van der Waals surface area contributed by atoms with E-state index in [9.17, 15) is 9.59 Å². The number of morpholine rings is 1. The van der Waals surface area contributed by atoms with E-state index in [-0.39, 0.29) is 18.2 Å². The van der Waals surface area contributed by atoms with Crippen LogP contribution >= 0.6 is 0 Å². The van der Waals surface area contributed by atoms with Crippen molar-refractivity contribution < 1.29 is 19.4 Å². The lowest BCUT2D eigenvalue weighted by molar-refractivity contribution is -0.141. The van der Waals surface area contributed by atoms with Gasteiger partial charge < -0.3 is 14.7 Å². The van der Waals surface area contributed by atoms with E-state index < -0.39 is 12.1 Å². The highest BCUT2D eigenvalue weighted by molar-refractivity contribution is 5.93. The van der Waals surface area contributed by atoms with E-state index in [1.165, 1.54) is 0 Å². The van der Waals surface area contributed by atoms with Crippen LogP contribution in [0.3, 0.4) is 0 Å². The number of hydrogen-bond donors (Lipinski definition) is 1. The number of carbonyl (C=O) groups is 2. The maximum atomic E-state index is 12.7. The van der Waals surface area contributed by atoms with Crippen molar-refractivity contribution in [2.75, 3.05) is 19.7 Å². The number of hydrogen-bond acceptors (Lipinski definition) is 4. The van der Waals surface area contributed by atoms with Crippen LogP contribution in [0.4, 0.5) is 0 Å². The lowest BCUT2D eigenvalue weighted by Gasteiger charge is -2.32. The van der Waals surface area contributed by atoms with Gasteiger partial charge in [-0.25, -0.2) is 0 Å². The van der Waals surface area contributed by atoms with Gasteiger partial charge in [-0.3, -0.25) is 14.3 Å². The molecule has 0 spiro atoms. The zero-order chi connectivity index (χ0) is 16.3. The minimum absolute atomic E-state index is 0.0892. The summed E-state index contributed by atoms with van der Waals surface area (Å²) in [6, 6.07) is 1.83. The van der Waals surface area contributed by atoms with E-state index in [4.69, 9.17) is 9.84 Å². The highest BCUT2D eigenvalue weighted by atomic mass is 16.5. The third-order valence-corrected chi connectivity index (χ3v) is 3.74. The Morgan fingerprint density at radius 1 is 1.50 bits per heavy atom. The number of carbonyl (C=O) groups excluding carboxylic acids is 1. The Kier molecular flexibility index (Phi) is 5.18. The molecule has 1 saturated heterocycles. The number of carboxylic acid groups (broad SMARTS) is 1. The van der Waals surface area contributed by atoms with Crippen LogP contribution in [-0.2, 0) is 16.1 Å². The SMILES string of the molecule is CCn1nc(C(C)C)cc1C(=O)N1CCO[C@@H](CC(=O)O)C1. The number of aryl methyl sites for hydroxylation is 1. The van der Waals surface area contributed by atoms with Crippen molar-refractivity contribution in [2.24, 2.45) is 0 Å². The highest BCUT2D eigenvalue weighted by Gasteiger charge is 2.28. The minimum atomic E-state index is -0.917. The maximum Gasteiger partial charge on any atom is 0.306 e. The van der Waals surface area contributed by atoms with Crippen molar-refractivity contribution in [2.45, 2.75) is 45.8 Å². The summed E-state index contributed by atoms with van der Waals surface area (Å²) < 4.78 is 7.12. The summed E-state index contributed by atoms with van der Waals surface area (Å²) in [5, 5.41) is 13.3. The Balaban J connectivity index is 2.15. The third kappa shape index (κ3) is 3.65. The molecule has 0 aromatic carbocycles. The van der Waals surface area contributed by atoms with E-state index in [1.807, 2.05) is 26.8 Å². The second-order valence-corrected chi connectivity index (χ2v) is 5.77. The zero-order valence-electron chi connectivity index (χ0n) is 13.3. The van der Waals surface area contributed by atoms with E-state index >= 15 is 0 Å². The molecule has 0 saturated carbocycles. The number of aliphatic carboxylic acids is 1. The van der Waals surface area contributed by atoms with Gasteiger partial charge in [-0.2, -0.15) is 5.10 Å². The number of amides is 1. The minimum Gasteiger partial charge on any atom is -0.481 e. The Morgan fingerprint density at radius 2 is 2.23 bits per heavy atom. The predicted molar refractivity (Wildman–Crippen MR) is 79.9 cm³/mol. The van der Waals surface area contributed by atoms with Crippen LogP contribution in [0.15, 0.2) is 6.07 Å². The van der Waals surface area contributed by atoms with Crippen LogP contribution < -0.4 is 0 Å². The topological polar surface area (TPSA) is 84.7 Å². The Bertz CT molecular complexity index is 553. The van der Waals surface area contributed by atoms with E-state index in [1.54, 1.807) is 9.58 Å². The molecule has 0 bridgehead atoms. The molecule has 1 aromatic rings. The summed E-state index contributed by atoms with van der Waals surface area (Å²) in [4.78, 5) is 25.2. The molecular weight excluding hydrogens is 286 g/mol. The second-order valence-electron chi connectivity index (χ2n) is 5.77. The zero-order valence-corrected chi connectivity index (χ0v) is 13.3. The van der Waals surface area contributed by atoms with Crippen LogP contribution in [0.5, 0.6) is 0 Å². The summed E-state index contributed by atoms with van der Waals surface area (Å²) in [5.74, 6) is -0.774. The van der Waals surface area contributed by atoms with Crippen molar-refractivity contribution in [3.63, 3.8) is 0 Å². The van der Waals surface area contributed by atoms with Crippen LogP contribution in [-0.4, -0.2) is 57.5 Å². The van der Waals surface area contributed by atoms with Crippen LogP contribution in [0.1, 0.15) is 49.3 Å². The molecule has 1 aromatic heterocycles. The van der Waals surface area contributed by atoms with Gasteiger partial charge in [0.25, 0.3) is 5.91 Å². The van der Waals surface area contributed by atoms with Crippen LogP contribution in [0.25, 0.3) is 0 Å². The summed E-state index contributed by atoms with van der Waals surface area (Å²) in [6.45, 7) is 7.78. The Labute approximate surface area is 129 Å². The number of ether oxygens (including phenoxy) is 1. The fraction of sp³-hybridized carbons (Fsp3) is 0.667. The number of carboxylic acids is 1. The van der Waals surface area contributed by atoms with Gasteiger partial charge >= 0.3 is 5.97 Å². The third-order valence-electron chi connectivity index (χ3n) is 3.74. The highest BCUT2D eigenvalue weighted by Crippen LogP contribution is 2.18. The summed E-state index contributed by atoms with van der Waals surface area (Å²) in [6.07, 6.45) is -0.536. The maximum absolute atomic E-state index is 12.7. The molecule has 22 heavy (non-hydrogen) atoms. The molecule has 1 N–H and O–H groups in total. The second kappa shape index (κ2) is 6.91. The van der Waals surface area contributed by atoms with E-state index in [0.29, 0.717) is 31.9 Å². The first-order valence-electron chi connectivity index (χ1n) is 7.62. The first-order valence-corrected chi connectivity index (χ1v) is 7.62. The first kappa shape index (κ1) is 16.5. The average Bonchev–Trinajstić information content (AvgIpc) is 2.90. The molecule has 7 heteroatoms. The molecule has 0 unspecified atom stereocenters. The van der Waals surface area contributed by atoms with E-state index in [0.717, 1.165) is 5.69 Å². The summed E-state index contributed by atoms with van der Waals surface area (Å²) in [7, 11) is 0. The van der Waals surface area contributed by atoms with Crippen molar-refractivity contribution in [1.82, 2.24) is 14.7 Å². The van der Waals surface area contributed by atoms with Gasteiger partial charge in [-0.15, -0.1) is 0 Å². The number of nitrogens with zero attached hydrogens (tertiary/aromatic N) is 3. The van der Waals surface area contributed by atoms with Crippen molar-refractivity contribution in [3.8, 4) is 0 Å². The van der Waals surface area contributed by atoms with Gasteiger partial charge in [0.1, 0.15) is 5.69 Å². The fourth-order valence-electron chi connectivity index (χ4n) is 2.52. The molecule has 122 valence electrons. The van der Waals surface area contributed by atoms with Gasteiger partial charge in [-0.1, -0.05) is 13.8 Å². The Hall–Kier alpha value is -1.89. The van der Waals surface area contributed by atoms with Crippen molar-refractivity contribution in [3.05, 3.63) is 17.5 Å². The van der Waals surface area contributed by atoms with E-state index in [2.05, 4.69) is 5.10 Å². The summed E-state index contributed by atoms with van der Waals surface area (Å²) >= 11 is 0. The predicted octanol–water partition coefficient (Wildman–Crippen LogP) is 1.34. The van der Waals surface area contributed by atoms with Crippen molar-refractivity contribution >= 4 is 11.9 Å². The first-order chi connectivity index (χ1) is 10.4. The molecule has 0 radical (unpaired) electrons. The normalized spacial score (nSPS) is 18.7. The van der Waals surface area contributed by atoms with Gasteiger partial charge in [0.2, 0.25) is 0 Å². The molecule has 0 aliphatic carbocycles. The molecule has 1 fully saturated rings. The molecule has 2 rings (SSSR count). The smallest absolute Gasteiger partial charge is 0.306 e. The molecule has 2 heterocycles. The van der Waals surface area contributed by atoms with Gasteiger partial charge in [0.05, 0.1) is 24.8 Å². The summed E-state index contributed by atoms with van der Waals surface area (Å²) in [5.41, 5.74) is 1.45. The lowest BCUT2D eigenvalue weighted by atomic mass is 10.1. The standard InChI is InChI=1S/C15H23N3O4/c1-4-18-13(8-12(16-18)10(2)3)15(21)17-5-6-22-11(9-17)7-14(19)20/h8,10-11H,4-7,9H2,1-3H3,(H,19,20)/t11-/m0/s1. The van der Waals surface area contributed by atoms with Crippen LogP contribution in [0.2, 0.25) is 0 Å². The fourth-order valence-corrected chi connectivity index (χ4v) is 2.52. The molecular formula is C15H23N3O4. The average molecular weight is 309 g/mol. The van der Waals surface area contributed by atoms with Gasteiger partial charge in [0.15, 0.2) is 0 Å².